The van der Waals surface area contributed by atoms with Gasteiger partial charge in [-0.25, -0.2) is 0 Å². The first-order valence-electron chi connectivity index (χ1n) is 5.77. The fourth-order valence-electron chi connectivity index (χ4n) is 1.74. The van der Waals surface area contributed by atoms with Crippen LogP contribution in [0, 0.1) is 0 Å². The molecule has 0 saturated carbocycles. The second-order valence-electron chi connectivity index (χ2n) is 3.86. The third-order valence-electron chi connectivity index (χ3n) is 2.64. The Morgan fingerprint density at radius 3 is 2.94 bits per heavy atom. The van der Waals surface area contributed by atoms with Crippen LogP contribution in [0.25, 0.3) is 0 Å². The van der Waals surface area contributed by atoms with Gasteiger partial charge in [0.15, 0.2) is 0 Å². The highest BCUT2D eigenvalue weighted by atomic mass is 16.3. The number of hydrogen-bond donors (Lipinski definition) is 1. The summed E-state index contributed by atoms with van der Waals surface area (Å²) >= 11 is 0. The quantitative estimate of drug-likeness (QED) is 0.695. The van der Waals surface area contributed by atoms with E-state index in [4.69, 9.17) is 0 Å². The second kappa shape index (κ2) is 7.02. The van der Waals surface area contributed by atoms with Crippen LogP contribution >= 0.6 is 0 Å². The molecule has 0 amide bonds. The van der Waals surface area contributed by atoms with E-state index in [1.165, 1.54) is 5.57 Å². The molecule has 0 aromatic rings. The molecular formula is C15H20O. The lowest BCUT2D eigenvalue weighted by molar-refractivity contribution is 0.215. The number of allylic oxidation sites excluding steroid dienone is 6. The Bertz CT molecular complexity index is 342. The van der Waals surface area contributed by atoms with Gasteiger partial charge in [0.05, 0.1) is 6.10 Å². The standard InChI is InChI=1S/C15H20O/c1-3-5-11-14(4-2)15(16)12-13-9-7-6-8-10-13/h3-5,7,9-11,15-16H,1,6,8,12H2,2H3/b11-5-,14-4+. The first kappa shape index (κ1) is 12.7. The summed E-state index contributed by atoms with van der Waals surface area (Å²) in [6.07, 6.45) is 16.4. The summed E-state index contributed by atoms with van der Waals surface area (Å²) in [4.78, 5) is 0. The summed E-state index contributed by atoms with van der Waals surface area (Å²) in [5, 5.41) is 10.1. The van der Waals surface area contributed by atoms with Crippen LogP contribution in [0.5, 0.6) is 0 Å². The van der Waals surface area contributed by atoms with E-state index in [2.05, 4.69) is 24.8 Å². The zero-order valence-electron chi connectivity index (χ0n) is 9.89. The molecule has 0 fully saturated rings. The summed E-state index contributed by atoms with van der Waals surface area (Å²) in [7, 11) is 0. The molecule has 1 heteroatoms. The van der Waals surface area contributed by atoms with Gasteiger partial charge < -0.3 is 5.11 Å². The molecule has 1 nitrogen and oxygen atoms in total. The molecule has 0 aromatic carbocycles. The molecule has 0 spiro atoms. The van der Waals surface area contributed by atoms with E-state index in [1.807, 2.05) is 25.2 Å². The van der Waals surface area contributed by atoms with E-state index in [1.54, 1.807) is 6.08 Å². The van der Waals surface area contributed by atoms with Crippen LogP contribution in [0.3, 0.4) is 0 Å². The van der Waals surface area contributed by atoms with Gasteiger partial charge in [0, 0.05) is 6.42 Å². The molecule has 0 aliphatic heterocycles. The van der Waals surface area contributed by atoms with Gasteiger partial charge in [-0.05, 0) is 30.9 Å². The Hall–Kier alpha value is -1.34. The Kier molecular flexibility index (Phi) is 5.58. The third-order valence-corrected chi connectivity index (χ3v) is 2.64. The predicted octanol–water partition coefficient (Wildman–Crippen LogP) is 3.70. The zero-order chi connectivity index (χ0) is 11.8. The summed E-state index contributed by atoms with van der Waals surface area (Å²) in [6, 6.07) is 0. The molecule has 1 rings (SSSR count). The second-order valence-corrected chi connectivity index (χ2v) is 3.86. The fourth-order valence-corrected chi connectivity index (χ4v) is 1.74. The average molecular weight is 216 g/mol. The maximum Gasteiger partial charge on any atom is 0.0827 e. The number of aliphatic hydroxyl groups excluding tert-OH is 1. The highest BCUT2D eigenvalue weighted by Crippen LogP contribution is 2.19. The van der Waals surface area contributed by atoms with Crippen LogP contribution in [-0.4, -0.2) is 11.2 Å². The van der Waals surface area contributed by atoms with Crippen molar-refractivity contribution in [3.05, 3.63) is 60.3 Å². The minimum absolute atomic E-state index is 0.421. The van der Waals surface area contributed by atoms with Crippen molar-refractivity contribution >= 4 is 0 Å². The molecule has 0 aromatic heterocycles. The maximum atomic E-state index is 10.1. The van der Waals surface area contributed by atoms with E-state index >= 15 is 0 Å². The van der Waals surface area contributed by atoms with Crippen LogP contribution in [0.4, 0.5) is 0 Å². The molecule has 86 valence electrons. The molecular weight excluding hydrogens is 196 g/mol. The molecule has 1 unspecified atom stereocenters. The fraction of sp³-hybridized carbons (Fsp3) is 0.333. The van der Waals surface area contributed by atoms with Crippen molar-refractivity contribution in [1.29, 1.82) is 0 Å². The summed E-state index contributed by atoms with van der Waals surface area (Å²) in [5.74, 6) is 0. The van der Waals surface area contributed by atoms with Gasteiger partial charge in [0.1, 0.15) is 0 Å². The Balaban J connectivity index is 2.59. The third kappa shape index (κ3) is 4.03. The van der Waals surface area contributed by atoms with Gasteiger partial charge in [-0.3, -0.25) is 0 Å². The van der Waals surface area contributed by atoms with Gasteiger partial charge in [-0.2, -0.15) is 0 Å². The van der Waals surface area contributed by atoms with Crippen LogP contribution in [0.15, 0.2) is 60.3 Å². The molecule has 1 aliphatic rings. The molecule has 1 aliphatic carbocycles. The van der Waals surface area contributed by atoms with Crippen molar-refractivity contribution in [3.63, 3.8) is 0 Å². The lowest BCUT2D eigenvalue weighted by Crippen LogP contribution is -2.10. The number of rotatable bonds is 5. The van der Waals surface area contributed by atoms with Crippen LogP contribution < -0.4 is 0 Å². The van der Waals surface area contributed by atoms with E-state index in [0.29, 0.717) is 6.42 Å². The van der Waals surface area contributed by atoms with Crippen molar-refractivity contribution in [1.82, 2.24) is 0 Å². The molecule has 1 N–H and O–H groups in total. The monoisotopic (exact) mass is 216 g/mol. The van der Waals surface area contributed by atoms with Crippen LogP contribution in [0.2, 0.25) is 0 Å². The first-order valence-corrected chi connectivity index (χ1v) is 5.77. The van der Waals surface area contributed by atoms with Gasteiger partial charge >= 0.3 is 0 Å². The Labute approximate surface area is 98.2 Å². The predicted molar refractivity (Wildman–Crippen MR) is 70.2 cm³/mol. The summed E-state index contributed by atoms with van der Waals surface area (Å²) in [6.45, 7) is 5.57. The summed E-state index contributed by atoms with van der Waals surface area (Å²) in [5.41, 5.74) is 2.17. The van der Waals surface area contributed by atoms with Crippen molar-refractivity contribution in [2.45, 2.75) is 32.3 Å². The minimum Gasteiger partial charge on any atom is -0.388 e. The first-order chi connectivity index (χ1) is 7.77. The Morgan fingerprint density at radius 1 is 1.56 bits per heavy atom. The minimum atomic E-state index is -0.421. The van der Waals surface area contributed by atoms with Gasteiger partial charge in [0.25, 0.3) is 0 Å². The maximum absolute atomic E-state index is 10.1. The van der Waals surface area contributed by atoms with Crippen molar-refractivity contribution in [3.8, 4) is 0 Å². The lowest BCUT2D eigenvalue weighted by Gasteiger charge is -2.14. The van der Waals surface area contributed by atoms with E-state index in [0.717, 1.165) is 18.4 Å². The molecule has 0 radical (unpaired) electrons. The van der Waals surface area contributed by atoms with E-state index in [9.17, 15) is 5.11 Å². The molecule has 0 heterocycles. The largest absolute Gasteiger partial charge is 0.388 e. The lowest BCUT2D eigenvalue weighted by atomic mass is 9.97. The molecule has 0 saturated heterocycles. The van der Waals surface area contributed by atoms with E-state index < -0.39 is 6.10 Å². The highest BCUT2D eigenvalue weighted by Gasteiger charge is 2.09. The normalized spacial score (nSPS) is 18.6. The average Bonchev–Trinajstić information content (AvgIpc) is 2.31. The van der Waals surface area contributed by atoms with Crippen molar-refractivity contribution < 1.29 is 5.11 Å². The SMILES string of the molecule is C=C/C=C\C(=C/C)C(O)CC1=CCCC=C1. The number of aliphatic hydroxyl groups is 1. The topological polar surface area (TPSA) is 20.2 Å². The van der Waals surface area contributed by atoms with Crippen LogP contribution in [0.1, 0.15) is 26.2 Å². The van der Waals surface area contributed by atoms with Crippen molar-refractivity contribution in [2.75, 3.05) is 0 Å². The Morgan fingerprint density at radius 2 is 2.38 bits per heavy atom. The molecule has 1 atom stereocenters. The zero-order valence-corrected chi connectivity index (χ0v) is 9.89. The van der Waals surface area contributed by atoms with Crippen molar-refractivity contribution in [2.24, 2.45) is 0 Å². The molecule has 16 heavy (non-hydrogen) atoms. The number of hydrogen-bond acceptors (Lipinski definition) is 1. The van der Waals surface area contributed by atoms with Crippen LogP contribution in [-0.2, 0) is 0 Å². The smallest absolute Gasteiger partial charge is 0.0827 e. The van der Waals surface area contributed by atoms with Gasteiger partial charge in [0.2, 0.25) is 0 Å². The highest BCUT2D eigenvalue weighted by molar-refractivity contribution is 5.30. The molecule has 0 bridgehead atoms. The van der Waals surface area contributed by atoms with E-state index in [-0.39, 0.29) is 0 Å². The van der Waals surface area contributed by atoms with Gasteiger partial charge in [-0.15, -0.1) is 0 Å². The van der Waals surface area contributed by atoms with Gasteiger partial charge in [-0.1, -0.05) is 49.1 Å². The summed E-state index contributed by atoms with van der Waals surface area (Å²) < 4.78 is 0.